The second-order valence-electron chi connectivity index (χ2n) is 7.28. The first kappa shape index (κ1) is 19.2. The van der Waals surface area contributed by atoms with Gasteiger partial charge in [-0.1, -0.05) is 13.8 Å². The molecule has 25 heavy (non-hydrogen) atoms. The summed E-state index contributed by atoms with van der Waals surface area (Å²) in [5.41, 5.74) is 4.23. The van der Waals surface area contributed by atoms with Crippen LogP contribution in [0.4, 0.5) is 0 Å². The molecule has 1 amide bonds. The van der Waals surface area contributed by atoms with E-state index in [0.717, 1.165) is 35.7 Å². The molecule has 2 aromatic heterocycles. The van der Waals surface area contributed by atoms with Gasteiger partial charge in [0.15, 0.2) is 0 Å². The zero-order chi connectivity index (χ0) is 18.7. The molecule has 1 N–H and O–H groups in total. The summed E-state index contributed by atoms with van der Waals surface area (Å²) in [7, 11) is 5.94. The first-order chi connectivity index (χ1) is 11.7. The Kier molecular flexibility index (Phi) is 6.00. The van der Waals surface area contributed by atoms with Crippen LogP contribution >= 0.6 is 0 Å². The van der Waals surface area contributed by atoms with E-state index in [0.29, 0.717) is 18.2 Å². The summed E-state index contributed by atoms with van der Waals surface area (Å²) in [4.78, 5) is 16.9. The van der Waals surface area contributed by atoms with Crippen molar-refractivity contribution >= 4 is 5.91 Å². The Labute approximate surface area is 150 Å². The number of carbonyl (C=O) groups is 1. The summed E-state index contributed by atoms with van der Waals surface area (Å²) in [5, 5.41) is 11.7. The Morgan fingerprint density at radius 3 is 2.48 bits per heavy atom. The maximum absolute atomic E-state index is 12.9. The van der Waals surface area contributed by atoms with Crippen molar-refractivity contribution in [2.75, 3.05) is 33.7 Å². The molecule has 7 nitrogen and oxygen atoms in total. The molecule has 0 spiro atoms. The Morgan fingerprint density at radius 1 is 1.28 bits per heavy atom. The number of aryl methyl sites for hydroxylation is 2. The first-order valence-corrected chi connectivity index (χ1v) is 8.70. The SMILES string of the molecule is Cc1nn(C)c(C)c1-c1cc(C(=O)N(CCN(C)C)CC(C)C)[nH]n1. The van der Waals surface area contributed by atoms with E-state index in [2.05, 4.69) is 34.0 Å². The Morgan fingerprint density at radius 2 is 1.96 bits per heavy atom. The van der Waals surface area contributed by atoms with Crippen molar-refractivity contribution in [1.29, 1.82) is 0 Å². The molecule has 0 aliphatic heterocycles. The molecule has 2 heterocycles. The average molecular weight is 346 g/mol. The molecule has 0 saturated heterocycles. The van der Waals surface area contributed by atoms with Crippen molar-refractivity contribution < 1.29 is 4.79 Å². The molecule has 0 aliphatic carbocycles. The molecule has 2 aromatic rings. The van der Waals surface area contributed by atoms with Crippen LogP contribution in [0.5, 0.6) is 0 Å². The van der Waals surface area contributed by atoms with Gasteiger partial charge in [-0.2, -0.15) is 10.2 Å². The van der Waals surface area contributed by atoms with E-state index in [1.54, 1.807) is 0 Å². The lowest BCUT2D eigenvalue weighted by Gasteiger charge is -2.25. The summed E-state index contributed by atoms with van der Waals surface area (Å²) < 4.78 is 1.84. The summed E-state index contributed by atoms with van der Waals surface area (Å²) in [6, 6.07) is 1.84. The topological polar surface area (TPSA) is 70.1 Å². The molecular formula is C18H30N6O. The van der Waals surface area contributed by atoms with Crippen LogP contribution in [-0.2, 0) is 7.05 Å². The predicted octanol–water partition coefficient (Wildman–Crippen LogP) is 2.09. The van der Waals surface area contributed by atoms with Crippen molar-refractivity contribution in [2.45, 2.75) is 27.7 Å². The summed E-state index contributed by atoms with van der Waals surface area (Å²) in [6.07, 6.45) is 0. The third-order valence-electron chi connectivity index (χ3n) is 4.26. The van der Waals surface area contributed by atoms with E-state index in [9.17, 15) is 4.79 Å². The van der Waals surface area contributed by atoms with Crippen molar-refractivity contribution in [3.63, 3.8) is 0 Å². The quantitative estimate of drug-likeness (QED) is 0.833. The molecule has 0 radical (unpaired) electrons. The number of H-pyrrole nitrogens is 1. The minimum Gasteiger partial charge on any atom is -0.336 e. The number of rotatable bonds is 7. The highest BCUT2D eigenvalue weighted by Gasteiger charge is 2.21. The molecule has 0 bridgehead atoms. The van der Waals surface area contributed by atoms with Crippen molar-refractivity contribution in [3.05, 3.63) is 23.1 Å². The number of aromatic nitrogens is 4. The number of likely N-dealkylation sites (N-methyl/N-ethyl adjacent to an activating group) is 1. The maximum Gasteiger partial charge on any atom is 0.271 e. The number of hydrogen-bond acceptors (Lipinski definition) is 4. The molecule has 0 unspecified atom stereocenters. The third kappa shape index (κ3) is 4.48. The highest BCUT2D eigenvalue weighted by molar-refractivity contribution is 5.93. The maximum atomic E-state index is 12.9. The van der Waals surface area contributed by atoms with Gasteiger partial charge in [0.2, 0.25) is 0 Å². The number of hydrogen-bond donors (Lipinski definition) is 1. The number of aromatic amines is 1. The summed E-state index contributed by atoms with van der Waals surface area (Å²) in [6.45, 7) is 10.5. The van der Waals surface area contributed by atoms with Crippen molar-refractivity contribution in [2.24, 2.45) is 13.0 Å². The van der Waals surface area contributed by atoms with Gasteiger partial charge in [0.05, 0.1) is 11.4 Å². The number of amides is 1. The molecule has 0 saturated carbocycles. The van der Waals surface area contributed by atoms with Gasteiger partial charge >= 0.3 is 0 Å². The van der Waals surface area contributed by atoms with E-state index in [4.69, 9.17) is 0 Å². The van der Waals surface area contributed by atoms with Gasteiger partial charge in [-0.05, 0) is 39.9 Å². The molecular weight excluding hydrogens is 316 g/mol. The summed E-state index contributed by atoms with van der Waals surface area (Å²) >= 11 is 0. The second-order valence-corrected chi connectivity index (χ2v) is 7.28. The molecule has 138 valence electrons. The smallest absolute Gasteiger partial charge is 0.271 e. The lowest BCUT2D eigenvalue weighted by Crippen LogP contribution is -2.39. The fourth-order valence-corrected chi connectivity index (χ4v) is 2.91. The minimum atomic E-state index is -0.00602. The second kappa shape index (κ2) is 7.82. The molecule has 2 rings (SSSR count). The summed E-state index contributed by atoms with van der Waals surface area (Å²) in [5.74, 6) is 0.407. The normalized spacial score (nSPS) is 11.6. The number of carbonyl (C=O) groups excluding carboxylic acids is 1. The standard InChI is InChI=1S/C18H30N6O/c1-12(2)11-24(9-8-22(5)6)18(25)16-10-15(19-20-16)17-13(3)21-23(7)14(17)4/h10,12H,8-9,11H2,1-7H3,(H,19,20). The zero-order valence-electron chi connectivity index (χ0n) is 16.4. The van der Waals surface area contributed by atoms with Crippen LogP contribution in [0.1, 0.15) is 35.7 Å². The van der Waals surface area contributed by atoms with Gasteiger partial charge < -0.3 is 9.80 Å². The van der Waals surface area contributed by atoms with Crippen molar-refractivity contribution in [3.8, 4) is 11.3 Å². The molecule has 7 heteroatoms. The van der Waals surface area contributed by atoms with Gasteiger partial charge in [0.25, 0.3) is 5.91 Å². The van der Waals surface area contributed by atoms with Gasteiger partial charge in [-0.3, -0.25) is 14.6 Å². The predicted molar refractivity (Wildman–Crippen MR) is 99.6 cm³/mol. The lowest BCUT2D eigenvalue weighted by atomic mass is 10.1. The van der Waals surface area contributed by atoms with Gasteiger partial charge in [0.1, 0.15) is 5.69 Å². The number of nitrogens with one attached hydrogen (secondary N) is 1. The van der Waals surface area contributed by atoms with Crippen molar-refractivity contribution in [1.82, 2.24) is 29.8 Å². The van der Waals surface area contributed by atoms with E-state index in [1.165, 1.54) is 0 Å². The van der Waals surface area contributed by atoms with Crippen LogP contribution in [0.2, 0.25) is 0 Å². The minimum absolute atomic E-state index is 0.00602. The lowest BCUT2D eigenvalue weighted by molar-refractivity contribution is 0.0718. The molecule has 0 aromatic carbocycles. The third-order valence-corrected chi connectivity index (χ3v) is 4.26. The highest BCUT2D eigenvalue weighted by Crippen LogP contribution is 2.25. The fraction of sp³-hybridized carbons (Fsp3) is 0.611. The Bertz CT molecular complexity index is 728. The van der Waals surface area contributed by atoms with Gasteiger partial charge in [-0.15, -0.1) is 0 Å². The largest absolute Gasteiger partial charge is 0.336 e. The zero-order valence-corrected chi connectivity index (χ0v) is 16.4. The van der Waals surface area contributed by atoms with E-state index >= 15 is 0 Å². The molecule has 0 atom stereocenters. The van der Waals surface area contributed by atoms with Gasteiger partial charge in [-0.25, -0.2) is 0 Å². The van der Waals surface area contributed by atoms with Gasteiger partial charge in [0, 0.05) is 37.9 Å². The van der Waals surface area contributed by atoms with Crippen LogP contribution < -0.4 is 0 Å². The average Bonchev–Trinajstić information content (AvgIpc) is 3.08. The monoisotopic (exact) mass is 346 g/mol. The van der Waals surface area contributed by atoms with Crippen LogP contribution in [-0.4, -0.2) is 69.4 Å². The van der Waals surface area contributed by atoms with Crippen LogP contribution in [0, 0.1) is 19.8 Å². The van der Waals surface area contributed by atoms with E-state index in [-0.39, 0.29) is 5.91 Å². The van der Waals surface area contributed by atoms with Crippen LogP contribution in [0.3, 0.4) is 0 Å². The first-order valence-electron chi connectivity index (χ1n) is 8.70. The Hall–Kier alpha value is -2.15. The van der Waals surface area contributed by atoms with E-state index in [1.807, 2.05) is 50.6 Å². The van der Waals surface area contributed by atoms with Crippen LogP contribution in [0.25, 0.3) is 11.3 Å². The highest BCUT2D eigenvalue weighted by atomic mass is 16.2. The van der Waals surface area contributed by atoms with Crippen LogP contribution in [0.15, 0.2) is 6.07 Å². The van der Waals surface area contributed by atoms with E-state index < -0.39 is 0 Å². The fourth-order valence-electron chi connectivity index (χ4n) is 2.91. The number of nitrogens with zero attached hydrogens (tertiary/aromatic N) is 5. The Balaban J connectivity index is 2.24. The molecule has 0 aliphatic rings. The molecule has 0 fully saturated rings.